The van der Waals surface area contributed by atoms with Gasteiger partial charge in [-0.1, -0.05) is 0 Å². The largest absolute Gasteiger partial charge is 0.493 e. The van der Waals surface area contributed by atoms with Crippen molar-refractivity contribution in [2.75, 3.05) is 42.7 Å². The van der Waals surface area contributed by atoms with Gasteiger partial charge in [0.1, 0.15) is 0 Å². The lowest BCUT2D eigenvalue weighted by molar-refractivity contribution is -0.129. The number of aliphatic hydroxyl groups is 2. The number of methoxy groups -OCH3 is 6. The lowest BCUT2D eigenvalue weighted by atomic mass is 9.72. The van der Waals surface area contributed by atoms with E-state index in [2.05, 4.69) is 0 Å². The number of ether oxygens (including phenoxy) is 6. The number of hydrogen-bond donors (Lipinski definition) is 2. The van der Waals surface area contributed by atoms with Gasteiger partial charge in [0.25, 0.3) is 0 Å². The molecule has 0 radical (unpaired) electrons. The maximum atomic E-state index is 11.3. The number of benzene rings is 2. The van der Waals surface area contributed by atoms with Crippen LogP contribution in [0.5, 0.6) is 34.5 Å². The highest BCUT2D eigenvalue weighted by molar-refractivity contribution is 5.88. The molecule has 176 valence electrons. The first-order valence-corrected chi connectivity index (χ1v) is 10.2. The molecule has 8 nitrogen and oxygen atoms in total. The van der Waals surface area contributed by atoms with Gasteiger partial charge in [0, 0.05) is 24.0 Å². The van der Waals surface area contributed by atoms with E-state index in [-0.39, 0.29) is 12.8 Å². The summed E-state index contributed by atoms with van der Waals surface area (Å²) in [5.74, 6) is 2.55. The normalized spacial score (nSPS) is 22.1. The molecular weight excluding hydrogens is 416 g/mol. The zero-order chi connectivity index (χ0) is 23.8. The molecule has 0 bridgehead atoms. The highest BCUT2D eigenvalue weighted by Crippen LogP contribution is 2.56. The first-order chi connectivity index (χ1) is 15.1. The smallest absolute Gasteiger partial charge is 0.203 e. The fourth-order valence-corrected chi connectivity index (χ4v) is 4.36. The molecule has 0 saturated heterocycles. The van der Waals surface area contributed by atoms with E-state index in [1.165, 1.54) is 42.7 Å². The van der Waals surface area contributed by atoms with E-state index in [9.17, 15) is 10.2 Å². The number of rotatable bonds is 6. The fraction of sp³-hybridized carbons (Fsp3) is 0.500. The van der Waals surface area contributed by atoms with Gasteiger partial charge in [-0.25, -0.2) is 0 Å². The van der Waals surface area contributed by atoms with E-state index >= 15 is 0 Å². The summed E-state index contributed by atoms with van der Waals surface area (Å²) in [5.41, 5.74) is -0.232. The van der Waals surface area contributed by atoms with E-state index in [4.69, 9.17) is 28.4 Å². The van der Waals surface area contributed by atoms with Crippen LogP contribution in [-0.4, -0.2) is 64.1 Å². The highest BCUT2D eigenvalue weighted by Gasteiger charge is 2.46. The van der Waals surface area contributed by atoms with Crippen LogP contribution in [0.4, 0.5) is 0 Å². The van der Waals surface area contributed by atoms with Crippen molar-refractivity contribution in [3.8, 4) is 45.6 Å². The van der Waals surface area contributed by atoms with Crippen LogP contribution in [0.1, 0.15) is 25.0 Å². The molecule has 2 aromatic carbocycles. The van der Waals surface area contributed by atoms with Crippen LogP contribution in [0.3, 0.4) is 0 Å². The molecule has 8 heteroatoms. The Balaban J connectivity index is 2.58. The third-order valence-corrected chi connectivity index (χ3v) is 6.30. The zero-order valence-corrected chi connectivity index (χ0v) is 19.9. The van der Waals surface area contributed by atoms with Crippen LogP contribution >= 0.6 is 0 Å². The van der Waals surface area contributed by atoms with E-state index in [1.807, 2.05) is 0 Å². The second kappa shape index (κ2) is 8.60. The van der Waals surface area contributed by atoms with Gasteiger partial charge in [-0.2, -0.15) is 0 Å². The van der Waals surface area contributed by atoms with E-state index in [1.54, 1.807) is 26.0 Å². The minimum Gasteiger partial charge on any atom is -0.493 e. The molecule has 0 unspecified atom stereocenters. The molecule has 0 fully saturated rings. The average molecular weight is 449 g/mol. The first kappa shape index (κ1) is 23.8. The van der Waals surface area contributed by atoms with Crippen molar-refractivity contribution in [1.82, 2.24) is 0 Å². The molecular formula is C24H32O8. The average Bonchev–Trinajstić information content (AvgIpc) is 2.76. The molecule has 1 aliphatic carbocycles. The molecule has 0 saturated carbocycles. The second-order valence-electron chi connectivity index (χ2n) is 8.26. The fourth-order valence-electron chi connectivity index (χ4n) is 4.36. The van der Waals surface area contributed by atoms with Crippen LogP contribution < -0.4 is 28.4 Å². The summed E-state index contributed by atoms with van der Waals surface area (Å²) < 4.78 is 33.9. The third-order valence-electron chi connectivity index (χ3n) is 6.30. The summed E-state index contributed by atoms with van der Waals surface area (Å²) in [6.07, 6.45) is 0.256. The molecule has 32 heavy (non-hydrogen) atoms. The van der Waals surface area contributed by atoms with Crippen LogP contribution in [0, 0.1) is 0 Å². The summed E-state index contributed by atoms with van der Waals surface area (Å²) in [5, 5.41) is 22.7. The lowest BCUT2D eigenvalue weighted by Crippen LogP contribution is -2.53. The van der Waals surface area contributed by atoms with Gasteiger partial charge in [0.05, 0.1) is 53.9 Å². The van der Waals surface area contributed by atoms with Crippen molar-refractivity contribution in [2.45, 2.75) is 37.9 Å². The Morgan fingerprint density at radius 2 is 0.875 bits per heavy atom. The van der Waals surface area contributed by atoms with E-state index in [0.717, 1.165) is 0 Å². The molecule has 0 heterocycles. The van der Waals surface area contributed by atoms with Crippen molar-refractivity contribution in [3.63, 3.8) is 0 Å². The first-order valence-electron chi connectivity index (χ1n) is 10.2. The van der Waals surface area contributed by atoms with Crippen LogP contribution in [0.25, 0.3) is 11.1 Å². The predicted molar refractivity (Wildman–Crippen MR) is 120 cm³/mol. The molecule has 0 aromatic heterocycles. The summed E-state index contributed by atoms with van der Waals surface area (Å²) in [6, 6.07) is 3.57. The SMILES string of the molecule is COc1cc2c(c(OC)c1OC)-c1c(cc(OC)c(OC)c1OC)C[C@@](C)(O)[C@@](C)(O)C2. The third kappa shape index (κ3) is 3.57. The Hall–Kier alpha value is -2.84. The van der Waals surface area contributed by atoms with Crippen molar-refractivity contribution in [2.24, 2.45) is 0 Å². The van der Waals surface area contributed by atoms with Crippen LogP contribution in [-0.2, 0) is 12.8 Å². The molecule has 2 atom stereocenters. The summed E-state index contributed by atoms with van der Waals surface area (Å²) >= 11 is 0. The van der Waals surface area contributed by atoms with E-state index in [0.29, 0.717) is 56.8 Å². The summed E-state index contributed by atoms with van der Waals surface area (Å²) in [6.45, 7) is 3.23. The van der Waals surface area contributed by atoms with Gasteiger partial charge in [-0.3, -0.25) is 0 Å². The zero-order valence-electron chi connectivity index (χ0n) is 19.9. The quantitative estimate of drug-likeness (QED) is 0.696. The Labute approximate surface area is 188 Å². The van der Waals surface area contributed by atoms with Gasteiger partial charge < -0.3 is 38.6 Å². The Bertz CT molecular complexity index is 929. The lowest BCUT2D eigenvalue weighted by Gasteiger charge is -2.42. The monoisotopic (exact) mass is 448 g/mol. The molecule has 0 spiro atoms. The van der Waals surface area contributed by atoms with Gasteiger partial charge in [-0.05, 0) is 37.1 Å². The van der Waals surface area contributed by atoms with Crippen LogP contribution in [0.15, 0.2) is 12.1 Å². The van der Waals surface area contributed by atoms with Crippen molar-refractivity contribution in [1.29, 1.82) is 0 Å². The summed E-state index contributed by atoms with van der Waals surface area (Å²) in [7, 11) is 9.20. The standard InChI is InChI=1S/C24H32O8/c1-23(25)11-13-9-15(27-3)19(29-5)21(31-7)17(13)18-14(12-24(23,2)26)10-16(28-4)20(30-6)22(18)32-8/h9-10,25-26H,11-12H2,1-8H3/t23-,24+. The summed E-state index contributed by atoms with van der Waals surface area (Å²) in [4.78, 5) is 0. The molecule has 1 aliphatic rings. The topological polar surface area (TPSA) is 95.8 Å². The maximum Gasteiger partial charge on any atom is 0.203 e. The number of fused-ring (bicyclic) bond motifs is 3. The number of hydrogen-bond acceptors (Lipinski definition) is 8. The Morgan fingerprint density at radius 1 is 0.562 bits per heavy atom. The van der Waals surface area contributed by atoms with Crippen molar-refractivity contribution < 1.29 is 38.6 Å². The molecule has 3 rings (SSSR count). The minimum absolute atomic E-state index is 0.128. The molecule has 2 aromatic rings. The van der Waals surface area contributed by atoms with Gasteiger partial charge >= 0.3 is 0 Å². The minimum atomic E-state index is -1.47. The van der Waals surface area contributed by atoms with Gasteiger partial charge in [-0.15, -0.1) is 0 Å². The van der Waals surface area contributed by atoms with Crippen molar-refractivity contribution in [3.05, 3.63) is 23.3 Å². The highest BCUT2D eigenvalue weighted by atomic mass is 16.5. The Morgan fingerprint density at radius 3 is 1.12 bits per heavy atom. The Kier molecular flexibility index (Phi) is 6.40. The maximum absolute atomic E-state index is 11.3. The second-order valence-corrected chi connectivity index (χ2v) is 8.26. The predicted octanol–water partition coefficient (Wildman–Crippen LogP) is 3.01. The van der Waals surface area contributed by atoms with E-state index < -0.39 is 11.2 Å². The molecule has 2 N–H and O–H groups in total. The van der Waals surface area contributed by atoms with Gasteiger partial charge in [0.15, 0.2) is 23.0 Å². The van der Waals surface area contributed by atoms with Crippen molar-refractivity contribution >= 4 is 0 Å². The molecule has 0 amide bonds. The van der Waals surface area contributed by atoms with Crippen LogP contribution in [0.2, 0.25) is 0 Å². The van der Waals surface area contributed by atoms with Gasteiger partial charge in [0.2, 0.25) is 11.5 Å². The molecule has 0 aliphatic heterocycles.